The van der Waals surface area contributed by atoms with Crippen molar-refractivity contribution in [2.75, 3.05) is 5.73 Å². The number of anilines is 1. The number of nitrogens with two attached hydrogens (primary N) is 1. The fraction of sp³-hybridized carbons (Fsp3) is 0.0714. The Kier molecular flexibility index (Phi) is 2.97. The monoisotopic (exact) mass is 272 g/mol. The van der Waals surface area contributed by atoms with Crippen LogP contribution in [0.2, 0.25) is 0 Å². The topological polar surface area (TPSA) is 68.3 Å². The Hall–Kier alpha value is -2.27. The quantitative estimate of drug-likeness (QED) is 0.770. The number of para-hydroxylation sites is 1. The standard InChI is InChI=1S/C14H12N2O2S/c15-12-10-5-1-2-6-11(10)18-13(12)14(17)16-8-9-4-3-7-19-9/h1-7H,8,15H2,(H,16,17). The van der Waals surface area contributed by atoms with Crippen molar-refractivity contribution in [2.45, 2.75) is 6.54 Å². The van der Waals surface area contributed by atoms with E-state index in [9.17, 15) is 4.79 Å². The number of fused-ring (bicyclic) bond motifs is 1. The second-order valence-electron chi connectivity index (χ2n) is 4.10. The minimum atomic E-state index is -0.290. The van der Waals surface area contributed by atoms with Crippen molar-refractivity contribution in [3.05, 3.63) is 52.4 Å². The van der Waals surface area contributed by atoms with Crippen molar-refractivity contribution in [2.24, 2.45) is 0 Å². The Morgan fingerprint density at radius 3 is 2.84 bits per heavy atom. The van der Waals surface area contributed by atoms with Crippen LogP contribution in [0.4, 0.5) is 5.69 Å². The molecule has 0 fully saturated rings. The molecule has 0 saturated heterocycles. The molecule has 3 N–H and O–H groups in total. The van der Waals surface area contributed by atoms with Gasteiger partial charge in [-0.25, -0.2) is 0 Å². The summed E-state index contributed by atoms with van der Waals surface area (Å²) in [6.45, 7) is 0.479. The summed E-state index contributed by atoms with van der Waals surface area (Å²) in [6, 6.07) is 11.3. The minimum Gasteiger partial charge on any atom is -0.449 e. The van der Waals surface area contributed by atoms with Crippen LogP contribution in [-0.2, 0) is 6.54 Å². The number of benzene rings is 1. The van der Waals surface area contributed by atoms with Crippen molar-refractivity contribution < 1.29 is 9.21 Å². The first-order chi connectivity index (χ1) is 9.25. The van der Waals surface area contributed by atoms with Crippen molar-refractivity contribution >= 4 is 33.9 Å². The second kappa shape index (κ2) is 4.78. The Labute approximate surface area is 113 Å². The summed E-state index contributed by atoms with van der Waals surface area (Å²) in [4.78, 5) is 13.1. The minimum absolute atomic E-state index is 0.178. The summed E-state index contributed by atoms with van der Waals surface area (Å²) >= 11 is 1.59. The van der Waals surface area contributed by atoms with Crippen LogP contribution >= 0.6 is 11.3 Å². The Morgan fingerprint density at radius 1 is 1.26 bits per heavy atom. The first-order valence-electron chi connectivity index (χ1n) is 5.83. The van der Waals surface area contributed by atoms with Gasteiger partial charge < -0.3 is 15.5 Å². The van der Waals surface area contributed by atoms with E-state index in [0.29, 0.717) is 17.8 Å². The first-order valence-corrected chi connectivity index (χ1v) is 6.71. The van der Waals surface area contributed by atoms with Crippen LogP contribution in [0.5, 0.6) is 0 Å². The number of nitrogens with one attached hydrogen (secondary N) is 1. The number of thiophene rings is 1. The van der Waals surface area contributed by atoms with Crippen LogP contribution in [0, 0.1) is 0 Å². The molecule has 19 heavy (non-hydrogen) atoms. The van der Waals surface area contributed by atoms with Crippen molar-refractivity contribution in [3.8, 4) is 0 Å². The van der Waals surface area contributed by atoms with Crippen LogP contribution in [0.25, 0.3) is 11.0 Å². The third-order valence-electron chi connectivity index (χ3n) is 2.84. The summed E-state index contributed by atoms with van der Waals surface area (Å²) in [5.41, 5.74) is 6.95. The summed E-state index contributed by atoms with van der Waals surface area (Å²) in [5, 5.41) is 5.54. The zero-order valence-electron chi connectivity index (χ0n) is 10.1. The largest absolute Gasteiger partial charge is 0.449 e. The molecule has 0 atom stereocenters. The van der Waals surface area contributed by atoms with E-state index in [1.807, 2.05) is 35.7 Å². The van der Waals surface area contributed by atoms with E-state index in [-0.39, 0.29) is 11.7 Å². The lowest BCUT2D eigenvalue weighted by Crippen LogP contribution is -2.22. The summed E-state index contributed by atoms with van der Waals surface area (Å²) < 4.78 is 5.50. The summed E-state index contributed by atoms with van der Waals surface area (Å²) in [7, 11) is 0. The highest BCUT2D eigenvalue weighted by molar-refractivity contribution is 7.09. The Morgan fingerprint density at radius 2 is 2.11 bits per heavy atom. The molecule has 0 aliphatic heterocycles. The van der Waals surface area contributed by atoms with Crippen LogP contribution in [-0.4, -0.2) is 5.91 Å². The van der Waals surface area contributed by atoms with Crippen molar-refractivity contribution in [1.29, 1.82) is 0 Å². The summed E-state index contributed by atoms with van der Waals surface area (Å²) in [6.07, 6.45) is 0. The van der Waals surface area contributed by atoms with E-state index in [1.165, 1.54) is 0 Å². The average molecular weight is 272 g/mol. The van der Waals surface area contributed by atoms with E-state index < -0.39 is 0 Å². The van der Waals surface area contributed by atoms with Crippen LogP contribution in [0.3, 0.4) is 0 Å². The zero-order valence-corrected chi connectivity index (χ0v) is 10.9. The van der Waals surface area contributed by atoms with E-state index in [0.717, 1.165) is 10.3 Å². The molecule has 0 radical (unpaired) electrons. The molecule has 0 spiro atoms. The van der Waals surface area contributed by atoms with E-state index in [2.05, 4.69) is 5.32 Å². The molecule has 96 valence electrons. The maximum atomic E-state index is 12.1. The normalized spacial score (nSPS) is 10.7. The molecule has 0 unspecified atom stereocenters. The van der Waals surface area contributed by atoms with E-state index >= 15 is 0 Å². The molecule has 5 heteroatoms. The van der Waals surface area contributed by atoms with E-state index in [4.69, 9.17) is 10.2 Å². The van der Waals surface area contributed by atoms with Crippen LogP contribution in [0.15, 0.2) is 46.2 Å². The summed E-state index contributed by atoms with van der Waals surface area (Å²) in [5.74, 6) is -0.111. The fourth-order valence-electron chi connectivity index (χ4n) is 1.89. The SMILES string of the molecule is Nc1c(C(=O)NCc2cccs2)oc2ccccc12. The molecular weight excluding hydrogens is 260 g/mol. The van der Waals surface area contributed by atoms with Crippen LogP contribution in [0.1, 0.15) is 15.4 Å². The number of carbonyl (C=O) groups is 1. The molecule has 2 aromatic heterocycles. The highest BCUT2D eigenvalue weighted by Gasteiger charge is 2.17. The molecule has 0 bridgehead atoms. The number of nitrogen functional groups attached to an aromatic ring is 1. The van der Waals surface area contributed by atoms with E-state index in [1.54, 1.807) is 17.4 Å². The van der Waals surface area contributed by atoms with Gasteiger partial charge in [0.1, 0.15) is 5.58 Å². The van der Waals surface area contributed by atoms with Gasteiger partial charge in [-0.3, -0.25) is 4.79 Å². The Bertz CT molecular complexity index is 716. The third-order valence-corrected chi connectivity index (χ3v) is 3.72. The number of hydrogen-bond donors (Lipinski definition) is 2. The van der Waals surface area contributed by atoms with Gasteiger partial charge in [0.15, 0.2) is 0 Å². The lowest BCUT2D eigenvalue weighted by molar-refractivity contribution is 0.0927. The van der Waals surface area contributed by atoms with Gasteiger partial charge in [-0.15, -0.1) is 11.3 Å². The molecule has 3 rings (SSSR count). The highest BCUT2D eigenvalue weighted by atomic mass is 32.1. The molecule has 1 amide bonds. The third kappa shape index (κ3) is 2.20. The average Bonchev–Trinajstić information content (AvgIpc) is 3.05. The maximum absolute atomic E-state index is 12.1. The van der Waals surface area contributed by atoms with Crippen molar-refractivity contribution in [3.63, 3.8) is 0 Å². The highest BCUT2D eigenvalue weighted by Crippen LogP contribution is 2.27. The van der Waals surface area contributed by atoms with Crippen LogP contribution < -0.4 is 11.1 Å². The zero-order chi connectivity index (χ0) is 13.2. The molecular formula is C14H12N2O2S. The molecule has 1 aromatic carbocycles. The molecule has 0 aliphatic carbocycles. The molecule has 0 saturated carbocycles. The molecule has 3 aromatic rings. The Balaban J connectivity index is 1.83. The molecule has 2 heterocycles. The fourth-order valence-corrected chi connectivity index (χ4v) is 2.54. The first kappa shape index (κ1) is 11.8. The predicted octanol–water partition coefficient (Wildman–Crippen LogP) is 3.01. The predicted molar refractivity (Wildman–Crippen MR) is 76.1 cm³/mol. The van der Waals surface area contributed by atoms with Gasteiger partial charge >= 0.3 is 0 Å². The van der Waals surface area contributed by atoms with Gasteiger partial charge in [-0.05, 0) is 23.6 Å². The van der Waals surface area contributed by atoms with Gasteiger partial charge in [-0.1, -0.05) is 18.2 Å². The van der Waals surface area contributed by atoms with Gasteiger partial charge in [-0.2, -0.15) is 0 Å². The lowest BCUT2D eigenvalue weighted by atomic mass is 10.2. The number of furan rings is 1. The van der Waals surface area contributed by atoms with Gasteiger partial charge in [0.05, 0.1) is 12.2 Å². The smallest absolute Gasteiger partial charge is 0.289 e. The lowest BCUT2D eigenvalue weighted by Gasteiger charge is -2.01. The number of carbonyl (C=O) groups excluding carboxylic acids is 1. The molecule has 4 nitrogen and oxygen atoms in total. The van der Waals surface area contributed by atoms with Gasteiger partial charge in [0.25, 0.3) is 5.91 Å². The number of rotatable bonds is 3. The second-order valence-corrected chi connectivity index (χ2v) is 5.14. The van der Waals surface area contributed by atoms with Crippen molar-refractivity contribution in [1.82, 2.24) is 5.32 Å². The maximum Gasteiger partial charge on any atom is 0.289 e. The molecule has 0 aliphatic rings. The number of amides is 1. The van der Waals surface area contributed by atoms with Gasteiger partial charge in [0.2, 0.25) is 5.76 Å². The van der Waals surface area contributed by atoms with Gasteiger partial charge in [0, 0.05) is 10.3 Å². The number of hydrogen-bond acceptors (Lipinski definition) is 4.